The lowest BCUT2D eigenvalue weighted by Gasteiger charge is -2.21. The molecule has 0 fully saturated rings. The molecule has 0 radical (unpaired) electrons. The van der Waals surface area contributed by atoms with Gasteiger partial charge in [-0.05, 0) is 38.8 Å². The Morgan fingerprint density at radius 2 is 2.04 bits per heavy atom. The van der Waals surface area contributed by atoms with Gasteiger partial charge in [-0.25, -0.2) is 0 Å². The average Bonchev–Trinajstić information content (AvgIpc) is 2.96. The second-order valence-corrected chi connectivity index (χ2v) is 6.05. The van der Waals surface area contributed by atoms with Gasteiger partial charge in [0, 0.05) is 18.2 Å². The maximum atomic E-state index is 12.0. The van der Waals surface area contributed by atoms with E-state index in [0.717, 1.165) is 5.57 Å². The van der Waals surface area contributed by atoms with Gasteiger partial charge in [-0.1, -0.05) is 25.2 Å². The summed E-state index contributed by atoms with van der Waals surface area (Å²) in [6.07, 6.45) is 5.77. The molecule has 1 aromatic rings. The monoisotopic (exact) mass is 316 g/mol. The molecule has 2 unspecified atom stereocenters. The van der Waals surface area contributed by atoms with E-state index in [4.69, 9.17) is 4.42 Å². The third-order valence-electron chi connectivity index (χ3n) is 3.68. The van der Waals surface area contributed by atoms with Gasteiger partial charge in [0.15, 0.2) is 5.76 Å². The maximum Gasteiger partial charge on any atom is 0.287 e. The van der Waals surface area contributed by atoms with Crippen LogP contribution < -0.4 is 10.6 Å². The van der Waals surface area contributed by atoms with E-state index >= 15 is 0 Å². The van der Waals surface area contributed by atoms with Gasteiger partial charge in [-0.3, -0.25) is 9.59 Å². The summed E-state index contributed by atoms with van der Waals surface area (Å²) in [5, 5.41) is 5.64. The quantitative estimate of drug-likeness (QED) is 0.877. The van der Waals surface area contributed by atoms with Crippen LogP contribution in [0.15, 0.2) is 34.8 Å². The largest absolute Gasteiger partial charge is 0.451 e. The van der Waals surface area contributed by atoms with E-state index in [1.165, 1.54) is 0 Å². The summed E-state index contributed by atoms with van der Waals surface area (Å²) in [5.74, 6) is 0.637. The summed E-state index contributed by atoms with van der Waals surface area (Å²) in [5.41, 5.74) is 0.890. The number of hydrogen-bond acceptors (Lipinski definition) is 3. The van der Waals surface area contributed by atoms with Crippen LogP contribution in [0, 0.1) is 11.8 Å². The molecule has 0 saturated carbocycles. The van der Waals surface area contributed by atoms with Gasteiger partial charge in [-0.2, -0.15) is 0 Å². The maximum absolute atomic E-state index is 12.0. The second kappa shape index (κ2) is 7.31. The first-order chi connectivity index (χ1) is 10.9. The zero-order chi connectivity index (χ0) is 17.0. The topological polar surface area (TPSA) is 71.3 Å². The highest BCUT2D eigenvalue weighted by molar-refractivity contribution is 5.92. The highest BCUT2D eigenvalue weighted by Gasteiger charge is 2.25. The van der Waals surface area contributed by atoms with Crippen LogP contribution in [0.1, 0.15) is 44.0 Å². The van der Waals surface area contributed by atoms with Crippen molar-refractivity contribution in [3.05, 3.63) is 41.9 Å². The van der Waals surface area contributed by atoms with E-state index in [-0.39, 0.29) is 29.7 Å². The van der Waals surface area contributed by atoms with Crippen LogP contribution in [0.2, 0.25) is 0 Å². The van der Waals surface area contributed by atoms with Gasteiger partial charge >= 0.3 is 0 Å². The first kappa shape index (κ1) is 17.1. The second-order valence-electron chi connectivity index (χ2n) is 6.05. The van der Waals surface area contributed by atoms with Gasteiger partial charge in [0.05, 0.1) is 5.92 Å². The van der Waals surface area contributed by atoms with E-state index < -0.39 is 0 Å². The van der Waals surface area contributed by atoms with Crippen molar-refractivity contribution in [1.29, 1.82) is 0 Å². The predicted molar refractivity (Wildman–Crippen MR) is 89.8 cm³/mol. The molecule has 0 aromatic carbocycles. The van der Waals surface area contributed by atoms with Crippen LogP contribution in [0.5, 0.6) is 0 Å². The van der Waals surface area contributed by atoms with Crippen molar-refractivity contribution >= 4 is 17.4 Å². The zero-order valence-corrected chi connectivity index (χ0v) is 14.1. The molecule has 1 aliphatic carbocycles. The molecular weight excluding hydrogens is 292 g/mol. The van der Waals surface area contributed by atoms with Crippen LogP contribution in [0.25, 0.3) is 5.57 Å². The van der Waals surface area contributed by atoms with Crippen molar-refractivity contribution in [2.75, 3.05) is 6.54 Å². The summed E-state index contributed by atoms with van der Waals surface area (Å²) in [4.78, 5) is 23.9. The van der Waals surface area contributed by atoms with Gasteiger partial charge in [0.2, 0.25) is 5.91 Å². The van der Waals surface area contributed by atoms with E-state index in [2.05, 4.69) is 10.6 Å². The number of rotatable bonds is 5. The van der Waals surface area contributed by atoms with Crippen molar-refractivity contribution in [2.24, 2.45) is 11.8 Å². The number of nitrogens with one attached hydrogen (secondary N) is 2. The minimum absolute atomic E-state index is 0.0306. The molecule has 0 aliphatic heterocycles. The Kier molecular flexibility index (Phi) is 5.42. The van der Waals surface area contributed by atoms with Crippen molar-refractivity contribution in [3.63, 3.8) is 0 Å². The van der Waals surface area contributed by atoms with E-state index in [9.17, 15) is 9.59 Å². The highest BCUT2D eigenvalue weighted by atomic mass is 16.4. The molecule has 124 valence electrons. The summed E-state index contributed by atoms with van der Waals surface area (Å²) in [6.45, 7) is 8.33. The molecule has 0 bridgehead atoms. The van der Waals surface area contributed by atoms with Crippen LogP contribution in [-0.4, -0.2) is 24.4 Å². The Bertz CT molecular complexity index is 640. The number of allylic oxidation sites excluding steroid dienone is 3. The van der Waals surface area contributed by atoms with E-state index in [0.29, 0.717) is 18.1 Å². The van der Waals surface area contributed by atoms with Crippen molar-refractivity contribution in [1.82, 2.24) is 10.6 Å². The summed E-state index contributed by atoms with van der Waals surface area (Å²) in [7, 11) is 0. The van der Waals surface area contributed by atoms with Crippen LogP contribution in [-0.2, 0) is 4.79 Å². The molecule has 2 N–H and O–H groups in total. The van der Waals surface area contributed by atoms with Gasteiger partial charge in [0.25, 0.3) is 5.91 Å². The van der Waals surface area contributed by atoms with Gasteiger partial charge in [0.1, 0.15) is 5.76 Å². The molecule has 5 nitrogen and oxygen atoms in total. The number of amides is 2. The first-order valence-electron chi connectivity index (χ1n) is 8.01. The Hall–Kier alpha value is -2.30. The number of carbonyl (C=O) groups excluding carboxylic acids is 2. The number of carbonyl (C=O) groups is 2. The standard InChI is InChI=1S/C18H24N2O3/c1-5-19-17(21)14-7-6-13(10-12(14)4)15-8-9-16(23-15)18(22)20-11(2)3/h6-12,14H,5H2,1-4H3,(H,19,21)(H,20,22). The SMILES string of the molecule is CCNC(=O)C1C=CC(c2ccc(C(=O)NC(C)C)o2)=CC1C. The fourth-order valence-electron chi connectivity index (χ4n) is 2.56. The lowest BCUT2D eigenvalue weighted by Crippen LogP contribution is -2.33. The van der Waals surface area contributed by atoms with Crippen LogP contribution >= 0.6 is 0 Å². The predicted octanol–water partition coefficient (Wildman–Crippen LogP) is 2.76. The average molecular weight is 316 g/mol. The lowest BCUT2D eigenvalue weighted by atomic mass is 9.86. The molecule has 0 spiro atoms. The molecule has 23 heavy (non-hydrogen) atoms. The van der Waals surface area contributed by atoms with Crippen LogP contribution in [0.4, 0.5) is 0 Å². The molecule has 5 heteroatoms. The molecule has 0 saturated heterocycles. The van der Waals surface area contributed by atoms with Gasteiger partial charge in [-0.15, -0.1) is 0 Å². The van der Waals surface area contributed by atoms with E-state index in [1.807, 2.05) is 45.9 Å². The molecule has 1 aliphatic rings. The molecule has 1 aromatic heterocycles. The Morgan fingerprint density at radius 3 is 2.65 bits per heavy atom. The Labute approximate surface area is 136 Å². The normalized spacial score (nSPS) is 20.3. The minimum Gasteiger partial charge on any atom is -0.451 e. The smallest absolute Gasteiger partial charge is 0.287 e. The number of hydrogen-bond donors (Lipinski definition) is 2. The molecular formula is C18H24N2O3. The zero-order valence-electron chi connectivity index (χ0n) is 14.1. The summed E-state index contributed by atoms with van der Waals surface area (Å²) >= 11 is 0. The van der Waals surface area contributed by atoms with Crippen molar-refractivity contribution in [2.45, 2.75) is 33.7 Å². The Balaban J connectivity index is 2.11. The van der Waals surface area contributed by atoms with E-state index in [1.54, 1.807) is 12.1 Å². The molecule has 2 atom stereocenters. The highest BCUT2D eigenvalue weighted by Crippen LogP contribution is 2.29. The molecule has 1 heterocycles. The third-order valence-corrected chi connectivity index (χ3v) is 3.68. The summed E-state index contributed by atoms with van der Waals surface area (Å²) in [6, 6.07) is 3.51. The molecule has 2 amide bonds. The van der Waals surface area contributed by atoms with Crippen molar-refractivity contribution in [3.8, 4) is 0 Å². The fourth-order valence-corrected chi connectivity index (χ4v) is 2.56. The van der Waals surface area contributed by atoms with Crippen LogP contribution in [0.3, 0.4) is 0 Å². The third kappa shape index (κ3) is 4.12. The lowest BCUT2D eigenvalue weighted by molar-refractivity contribution is -0.124. The summed E-state index contributed by atoms with van der Waals surface area (Å²) < 4.78 is 5.65. The fraction of sp³-hybridized carbons (Fsp3) is 0.444. The number of furan rings is 1. The molecule has 2 rings (SSSR count). The van der Waals surface area contributed by atoms with Crippen molar-refractivity contribution < 1.29 is 14.0 Å². The van der Waals surface area contributed by atoms with Gasteiger partial charge < -0.3 is 15.1 Å². The Morgan fingerprint density at radius 1 is 1.30 bits per heavy atom. The first-order valence-corrected chi connectivity index (χ1v) is 8.01. The minimum atomic E-state index is -0.222.